The molecule has 1 amide bonds. The van der Waals surface area contributed by atoms with E-state index < -0.39 is 5.60 Å². The highest BCUT2D eigenvalue weighted by atomic mass is 79.9. The SMILES string of the molecule is CC(=O)OC1C[C@H](c2ccc(Br)cc2)N(C(=O)OC(C)(C)C)C1. The number of amides is 1. The molecule has 0 aromatic heterocycles. The third kappa shape index (κ3) is 4.96. The van der Waals surface area contributed by atoms with E-state index in [0.29, 0.717) is 13.0 Å². The molecule has 1 heterocycles. The number of likely N-dealkylation sites (tertiary alicyclic amines) is 1. The summed E-state index contributed by atoms with van der Waals surface area (Å²) in [7, 11) is 0. The van der Waals surface area contributed by atoms with Crippen molar-refractivity contribution in [3.63, 3.8) is 0 Å². The van der Waals surface area contributed by atoms with Crippen molar-refractivity contribution in [3.05, 3.63) is 34.3 Å². The van der Waals surface area contributed by atoms with Crippen molar-refractivity contribution < 1.29 is 19.1 Å². The Bertz CT molecular complexity index is 579. The van der Waals surface area contributed by atoms with Crippen molar-refractivity contribution in [2.24, 2.45) is 0 Å². The van der Waals surface area contributed by atoms with E-state index in [-0.39, 0.29) is 24.2 Å². The zero-order valence-corrected chi connectivity index (χ0v) is 15.4. The molecular formula is C17H22BrNO4. The molecular weight excluding hydrogens is 362 g/mol. The molecule has 1 aliphatic heterocycles. The van der Waals surface area contributed by atoms with Crippen LogP contribution >= 0.6 is 15.9 Å². The first-order chi connectivity index (χ1) is 10.7. The summed E-state index contributed by atoms with van der Waals surface area (Å²) >= 11 is 3.41. The highest BCUT2D eigenvalue weighted by Crippen LogP contribution is 2.35. The van der Waals surface area contributed by atoms with Crippen molar-refractivity contribution in [3.8, 4) is 0 Å². The van der Waals surface area contributed by atoms with Gasteiger partial charge in [-0.1, -0.05) is 28.1 Å². The second-order valence-corrected chi connectivity index (χ2v) is 7.58. The summed E-state index contributed by atoms with van der Waals surface area (Å²) in [5.41, 5.74) is 0.426. The van der Waals surface area contributed by atoms with Gasteiger partial charge in [0.25, 0.3) is 0 Å². The largest absolute Gasteiger partial charge is 0.461 e. The minimum absolute atomic E-state index is 0.165. The maximum absolute atomic E-state index is 12.5. The van der Waals surface area contributed by atoms with Crippen molar-refractivity contribution in [2.45, 2.75) is 51.9 Å². The third-order valence-corrected chi connectivity index (χ3v) is 4.01. The Hall–Kier alpha value is -1.56. The molecule has 6 heteroatoms. The molecule has 1 fully saturated rings. The van der Waals surface area contributed by atoms with E-state index >= 15 is 0 Å². The van der Waals surface area contributed by atoms with Gasteiger partial charge >= 0.3 is 12.1 Å². The first kappa shape index (κ1) is 17.8. The van der Waals surface area contributed by atoms with Gasteiger partial charge in [-0.3, -0.25) is 9.69 Å². The molecule has 1 aromatic carbocycles. The Labute approximate surface area is 145 Å². The summed E-state index contributed by atoms with van der Waals surface area (Å²) in [6.45, 7) is 7.22. The molecule has 23 heavy (non-hydrogen) atoms. The number of halogens is 1. The molecule has 5 nitrogen and oxygen atoms in total. The number of nitrogens with zero attached hydrogens (tertiary/aromatic N) is 1. The lowest BCUT2D eigenvalue weighted by atomic mass is 10.0. The van der Waals surface area contributed by atoms with Crippen LogP contribution < -0.4 is 0 Å². The molecule has 126 valence electrons. The second-order valence-electron chi connectivity index (χ2n) is 6.67. The van der Waals surface area contributed by atoms with E-state index in [0.717, 1.165) is 10.0 Å². The topological polar surface area (TPSA) is 55.8 Å². The van der Waals surface area contributed by atoms with Gasteiger partial charge in [-0.15, -0.1) is 0 Å². The Morgan fingerprint density at radius 3 is 2.35 bits per heavy atom. The van der Waals surface area contributed by atoms with Gasteiger partial charge in [0.05, 0.1) is 12.6 Å². The van der Waals surface area contributed by atoms with Crippen molar-refractivity contribution in [1.29, 1.82) is 0 Å². The lowest BCUT2D eigenvalue weighted by molar-refractivity contribution is -0.145. The monoisotopic (exact) mass is 383 g/mol. The molecule has 0 spiro atoms. The van der Waals surface area contributed by atoms with E-state index in [4.69, 9.17) is 9.47 Å². The number of hydrogen-bond acceptors (Lipinski definition) is 4. The molecule has 0 bridgehead atoms. The minimum atomic E-state index is -0.569. The van der Waals surface area contributed by atoms with Gasteiger partial charge in [0.2, 0.25) is 0 Å². The van der Waals surface area contributed by atoms with Crippen LogP contribution in [0.2, 0.25) is 0 Å². The quantitative estimate of drug-likeness (QED) is 0.722. The fourth-order valence-electron chi connectivity index (χ4n) is 2.64. The Balaban J connectivity index is 2.22. The van der Waals surface area contributed by atoms with E-state index in [9.17, 15) is 9.59 Å². The molecule has 0 saturated carbocycles. The van der Waals surface area contributed by atoms with Gasteiger partial charge in [-0.05, 0) is 38.5 Å². The molecule has 1 aliphatic rings. The molecule has 0 aliphatic carbocycles. The number of rotatable bonds is 2. The van der Waals surface area contributed by atoms with E-state index in [2.05, 4.69) is 15.9 Å². The van der Waals surface area contributed by atoms with Crippen molar-refractivity contribution in [1.82, 2.24) is 4.90 Å². The molecule has 2 rings (SSSR count). The first-order valence-electron chi connectivity index (χ1n) is 7.58. The molecule has 0 radical (unpaired) electrons. The van der Waals surface area contributed by atoms with Crippen LogP contribution in [0.1, 0.15) is 45.7 Å². The first-order valence-corrected chi connectivity index (χ1v) is 8.37. The number of carbonyl (C=O) groups excluding carboxylic acids is 2. The van der Waals surface area contributed by atoms with Crippen LogP contribution in [0.25, 0.3) is 0 Å². The van der Waals surface area contributed by atoms with Crippen molar-refractivity contribution in [2.75, 3.05) is 6.54 Å². The van der Waals surface area contributed by atoms with Crippen LogP contribution in [-0.2, 0) is 14.3 Å². The van der Waals surface area contributed by atoms with E-state index in [1.54, 1.807) is 4.90 Å². The summed E-state index contributed by atoms with van der Waals surface area (Å²) in [5.74, 6) is -0.337. The highest BCUT2D eigenvalue weighted by Gasteiger charge is 2.39. The summed E-state index contributed by atoms with van der Waals surface area (Å²) in [6, 6.07) is 7.62. The zero-order chi connectivity index (χ0) is 17.2. The van der Waals surface area contributed by atoms with E-state index in [1.165, 1.54) is 6.92 Å². The zero-order valence-electron chi connectivity index (χ0n) is 13.8. The normalized spacial score (nSPS) is 21.2. The maximum atomic E-state index is 12.5. The smallest absolute Gasteiger partial charge is 0.410 e. The van der Waals surface area contributed by atoms with Gasteiger partial charge in [0.1, 0.15) is 11.7 Å². The average molecular weight is 384 g/mol. The van der Waals surface area contributed by atoms with Crippen LogP contribution in [-0.4, -0.2) is 35.2 Å². The van der Waals surface area contributed by atoms with Crippen LogP contribution in [0.3, 0.4) is 0 Å². The van der Waals surface area contributed by atoms with Crippen molar-refractivity contribution >= 4 is 28.0 Å². The Morgan fingerprint density at radius 2 is 1.83 bits per heavy atom. The second kappa shape index (κ2) is 6.91. The predicted molar refractivity (Wildman–Crippen MR) is 90.0 cm³/mol. The molecule has 0 N–H and O–H groups in total. The Kier molecular flexibility index (Phi) is 5.34. The maximum Gasteiger partial charge on any atom is 0.410 e. The molecule has 1 unspecified atom stereocenters. The summed E-state index contributed by atoms with van der Waals surface area (Å²) in [6.07, 6.45) is -0.130. The number of benzene rings is 1. The highest BCUT2D eigenvalue weighted by molar-refractivity contribution is 9.10. The van der Waals surface area contributed by atoms with Gasteiger partial charge in [0.15, 0.2) is 0 Å². The lowest BCUT2D eigenvalue weighted by Crippen LogP contribution is -2.37. The fourth-order valence-corrected chi connectivity index (χ4v) is 2.91. The van der Waals surface area contributed by atoms with Gasteiger partial charge in [-0.25, -0.2) is 4.79 Å². The minimum Gasteiger partial charge on any atom is -0.461 e. The van der Waals surface area contributed by atoms with Gasteiger partial charge in [-0.2, -0.15) is 0 Å². The molecule has 1 saturated heterocycles. The standard InChI is InChI=1S/C17H22BrNO4/c1-11(20)22-14-9-15(12-5-7-13(18)8-6-12)19(10-14)16(21)23-17(2,3)4/h5-8,14-15H,9-10H2,1-4H3/t14?,15-/m1/s1. The van der Waals surface area contributed by atoms with Crippen LogP contribution in [0.5, 0.6) is 0 Å². The fraction of sp³-hybridized carbons (Fsp3) is 0.529. The van der Waals surface area contributed by atoms with Crippen LogP contribution in [0, 0.1) is 0 Å². The summed E-state index contributed by atoms with van der Waals surface area (Å²) < 4.78 is 11.8. The Morgan fingerprint density at radius 1 is 1.22 bits per heavy atom. The number of ether oxygens (including phenoxy) is 2. The average Bonchev–Trinajstić information content (AvgIpc) is 2.80. The van der Waals surface area contributed by atoms with Gasteiger partial charge in [0, 0.05) is 17.8 Å². The number of esters is 1. The third-order valence-electron chi connectivity index (χ3n) is 3.48. The van der Waals surface area contributed by atoms with Gasteiger partial charge < -0.3 is 9.47 Å². The lowest BCUT2D eigenvalue weighted by Gasteiger charge is -2.28. The number of hydrogen-bond donors (Lipinski definition) is 0. The van der Waals surface area contributed by atoms with Crippen LogP contribution in [0.15, 0.2) is 28.7 Å². The van der Waals surface area contributed by atoms with Crippen LogP contribution in [0.4, 0.5) is 4.79 Å². The molecule has 2 atom stereocenters. The number of carbonyl (C=O) groups is 2. The van der Waals surface area contributed by atoms with E-state index in [1.807, 2.05) is 45.0 Å². The predicted octanol–water partition coefficient (Wildman–Crippen LogP) is 4.06. The summed E-state index contributed by atoms with van der Waals surface area (Å²) in [4.78, 5) is 25.4. The summed E-state index contributed by atoms with van der Waals surface area (Å²) in [5, 5.41) is 0. The molecule has 1 aromatic rings.